The third kappa shape index (κ3) is 3.81. The van der Waals surface area contributed by atoms with E-state index in [2.05, 4.69) is 15.6 Å². The lowest BCUT2D eigenvalue weighted by atomic mass is 9.94. The first-order valence-corrected chi connectivity index (χ1v) is 6.66. The number of carbonyl (C=O) groups excluding carboxylic acids is 1. The van der Waals surface area contributed by atoms with E-state index in [-0.39, 0.29) is 11.9 Å². The predicted molar refractivity (Wildman–Crippen MR) is 71.0 cm³/mol. The van der Waals surface area contributed by atoms with Crippen LogP contribution in [0.1, 0.15) is 37.9 Å². The molecular weight excluding hydrogens is 226 g/mol. The van der Waals surface area contributed by atoms with Gasteiger partial charge in [0.25, 0.3) is 0 Å². The van der Waals surface area contributed by atoms with Crippen LogP contribution >= 0.6 is 0 Å². The summed E-state index contributed by atoms with van der Waals surface area (Å²) in [6.07, 6.45) is 4.60. The van der Waals surface area contributed by atoms with E-state index in [0.29, 0.717) is 12.3 Å². The minimum Gasteiger partial charge on any atom is -0.348 e. The highest BCUT2D eigenvalue weighted by molar-refractivity contribution is 5.76. The van der Waals surface area contributed by atoms with Crippen molar-refractivity contribution in [3.8, 4) is 0 Å². The minimum absolute atomic E-state index is 0.0135. The molecule has 0 spiro atoms. The van der Waals surface area contributed by atoms with E-state index in [1.165, 1.54) is 0 Å². The van der Waals surface area contributed by atoms with Crippen molar-refractivity contribution in [3.05, 3.63) is 30.1 Å². The molecule has 1 aliphatic rings. The van der Waals surface area contributed by atoms with Crippen molar-refractivity contribution < 1.29 is 4.79 Å². The van der Waals surface area contributed by atoms with E-state index in [0.717, 1.165) is 31.6 Å². The fraction of sp³-hybridized carbons (Fsp3) is 0.571. The van der Waals surface area contributed by atoms with Crippen LogP contribution in [0, 0.1) is 5.92 Å². The van der Waals surface area contributed by atoms with Crippen molar-refractivity contribution in [1.29, 1.82) is 0 Å². The molecule has 1 amide bonds. The van der Waals surface area contributed by atoms with Gasteiger partial charge in [-0.25, -0.2) is 0 Å². The molecule has 0 saturated carbocycles. The van der Waals surface area contributed by atoms with Gasteiger partial charge in [0, 0.05) is 12.6 Å². The molecule has 0 aromatic carbocycles. The van der Waals surface area contributed by atoms with Gasteiger partial charge in [-0.2, -0.15) is 0 Å². The topological polar surface area (TPSA) is 54.0 Å². The molecule has 98 valence electrons. The van der Waals surface area contributed by atoms with Crippen molar-refractivity contribution in [2.45, 2.75) is 32.2 Å². The van der Waals surface area contributed by atoms with Crippen LogP contribution in [0.25, 0.3) is 0 Å². The van der Waals surface area contributed by atoms with Gasteiger partial charge in [-0.15, -0.1) is 0 Å². The maximum absolute atomic E-state index is 11.9. The fourth-order valence-electron chi connectivity index (χ4n) is 2.35. The normalized spacial score (nSPS) is 18.3. The SMILES string of the molecule is C[C@@H](NC(=O)CC1CCNCC1)c1ccccn1. The molecule has 1 fully saturated rings. The van der Waals surface area contributed by atoms with Crippen LogP contribution in [0.15, 0.2) is 24.4 Å². The molecule has 1 aromatic rings. The monoisotopic (exact) mass is 247 g/mol. The zero-order valence-corrected chi connectivity index (χ0v) is 10.9. The summed E-state index contributed by atoms with van der Waals surface area (Å²) < 4.78 is 0. The van der Waals surface area contributed by atoms with Gasteiger partial charge in [-0.1, -0.05) is 6.07 Å². The lowest BCUT2D eigenvalue weighted by molar-refractivity contribution is -0.122. The molecule has 2 heterocycles. The molecule has 4 heteroatoms. The summed E-state index contributed by atoms with van der Waals surface area (Å²) >= 11 is 0. The van der Waals surface area contributed by atoms with Crippen LogP contribution in [0.2, 0.25) is 0 Å². The third-order valence-corrected chi connectivity index (χ3v) is 3.44. The fourth-order valence-corrected chi connectivity index (χ4v) is 2.35. The Labute approximate surface area is 108 Å². The van der Waals surface area contributed by atoms with Gasteiger partial charge in [-0.3, -0.25) is 9.78 Å². The highest BCUT2D eigenvalue weighted by Gasteiger charge is 2.18. The second-order valence-electron chi connectivity index (χ2n) is 4.94. The molecule has 2 rings (SSSR count). The molecule has 0 aliphatic carbocycles. The standard InChI is InChI=1S/C14H21N3O/c1-11(13-4-2-3-7-16-13)17-14(18)10-12-5-8-15-9-6-12/h2-4,7,11-12,15H,5-6,8-10H2,1H3,(H,17,18)/t11-/m1/s1. The molecule has 4 nitrogen and oxygen atoms in total. The van der Waals surface area contributed by atoms with Gasteiger partial charge < -0.3 is 10.6 Å². The van der Waals surface area contributed by atoms with Gasteiger partial charge in [-0.05, 0) is 50.9 Å². The Morgan fingerprint density at radius 3 is 2.94 bits per heavy atom. The van der Waals surface area contributed by atoms with Crippen LogP contribution in [0.3, 0.4) is 0 Å². The van der Waals surface area contributed by atoms with Crippen molar-refractivity contribution >= 4 is 5.91 Å². The number of rotatable bonds is 4. The van der Waals surface area contributed by atoms with E-state index in [1.807, 2.05) is 25.1 Å². The van der Waals surface area contributed by atoms with Crippen LogP contribution in [0.5, 0.6) is 0 Å². The summed E-state index contributed by atoms with van der Waals surface area (Å²) in [6.45, 7) is 4.05. The van der Waals surface area contributed by atoms with Crippen molar-refractivity contribution in [1.82, 2.24) is 15.6 Å². The van der Waals surface area contributed by atoms with Crippen LogP contribution in [-0.2, 0) is 4.79 Å². The molecular formula is C14H21N3O. The smallest absolute Gasteiger partial charge is 0.220 e. The van der Waals surface area contributed by atoms with Gasteiger partial charge in [0.05, 0.1) is 11.7 Å². The van der Waals surface area contributed by atoms with E-state index < -0.39 is 0 Å². The molecule has 1 saturated heterocycles. The summed E-state index contributed by atoms with van der Waals surface area (Å²) in [6, 6.07) is 5.75. The molecule has 0 radical (unpaired) electrons. The Morgan fingerprint density at radius 2 is 2.28 bits per heavy atom. The Hall–Kier alpha value is -1.42. The van der Waals surface area contributed by atoms with E-state index in [9.17, 15) is 4.79 Å². The average Bonchev–Trinajstić information content (AvgIpc) is 2.40. The molecule has 1 atom stereocenters. The highest BCUT2D eigenvalue weighted by Crippen LogP contribution is 2.16. The second kappa shape index (κ2) is 6.50. The Kier molecular flexibility index (Phi) is 4.70. The maximum Gasteiger partial charge on any atom is 0.220 e. The van der Waals surface area contributed by atoms with E-state index in [1.54, 1.807) is 6.20 Å². The van der Waals surface area contributed by atoms with Gasteiger partial charge >= 0.3 is 0 Å². The third-order valence-electron chi connectivity index (χ3n) is 3.44. The molecule has 1 aromatic heterocycles. The molecule has 1 aliphatic heterocycles. The first-order valence-electron chi connectivity index (χ1n) is 6.66. The number of hydrogen-bond acceptors (Lipinski definition) is 3. The lowest BCUT2D eigenvalue weighted by Gasteiger charge is -2.22. The van der Waals surface area contributed by atoms with Crippen LogP contribution < -0.4 is 10.6 Å². The van der Waals surface area contributed by atoms with Gasteiger partial charge in [0.15, 0.2) is 0 Å². The first-order chi connectivity index (χ1) is 8.75. The number of amides is 1. The Morgan fingerprint density at radius 1 is 1.50 bits per heavy atom. The van der Waals surface area contributed by atoms with Crippen molar-refractivity contribution in [3.63, 3.8) is 0 Å². The quantitative estimate of drug-likeness (QED) is 0.850. The summed E-state index contributed by atoms with van der Waals surface area (Å²) in [5, 5.41) is 6.33. The number of aromatic nitrogens is 1. The number of hydrogen-bond donors (Lipinski definition) is 2. The second-order valence-corrected chi connectivity index (χ2v) is 4.94. The maximum atomic E-state index is 11.9. The lowest BCUT2D eigenvalue weighted by Crippen LogP contribution is -2.33. The molecule has 0 bridgehead atoms. The first kappa shape index (κ1) is 13.0. The number of pyridine rings is 1. The largest absolute Gasteiger partial charge is 0.348 e. The molecule has 2 N–H and O–H groups in total. The summed E-state index contributed by atoms with van der Waals surface area (Å²) in [7, 11) is 0. The zero-order chi connectivity index (χ0) is 12.8. The Bertz CT molecular complexity index is 374. The summed E-state index contributed by atoms with van der Waals surface area (Å²) in [5.74, 6) is 0.669. The Balaban J connectivity index is 1.80. The van der Waals surface area contributed by atoms with E-state index >= 15 is 0 Å². The number of piperidine rings is 1. The van der Waals surface area contributed by atoms with Gasteiger partial charge in [0.1, 0.15) is 0 Å². The van der Waals surface area contributed by atoms with Gasteiger partial charge in [0.2, 0.25) is 5.91 Å². The number of nitrogens with one attached hydrogen (secondary N) is 2. The number of nitrogens with zero attached hydrogens (tertiary/aromatic N) is 1. The zero-order valence-electron chi connectivity index (χ0n) is 10.9. The van der Waals surface area contributed by atoms with Crippen LogP contribution in [-0.4, -0.2) is 24.0 Å². The van der Waals surface area contributed by atoms with Crippen molar-refractivity contribution in [2.75, 3.05) is 13.1 Å². The predicted octanol–water partition coefficient (Wildman–Crippen LogP) is 1.65. The molecule has 18 heavy (non-hydrogen) atoms. The minimum atomic E-state index is -0.0135. The highest BCUT2D eigenvalue weighted by atomic mass is 16.1. The summed E-state index contributed by atoms with van der Waals surface area (Å²) in [4.78, 5) is 16.2. The molecule has 0 unspecified atom stereocenters. The summed E-state index contributed by atoms with van der Waals surface area (Å²) in [5.41, 5.74) is 0.913. The average molecular weight is 247 g/mol. The van der Waals surface area contributed by atoms with Crippen LogP contribution in [0.4, 0.5) is 0 Å². The number of carbonyl (C=O) groups is 1. The van der Waals surface area contributed by atoms with Crippen molar-refractivity contribution in [2.24, 2.45) is 5.92 Å². The van der Waals surface area contributed by atoms with E-state index in [4.69, 9.17) is 0 Å².